The Morgan fingerprint density at radius 1 is 1.14 bits per heavy atom. The summed E-state index contributed by atoms with van der Waals surface area (Å²) in [5.74, 6) is 1.64. The summed E-state index contributed by atoms with van der Waals surface area (Å²) in [4.78, 5) is 11.9. The molecule has 7 heteroatoms. The molecule has 0 saturated heterocycles. The Morgan fingerprint density at radius 2 is 1.95 bits per heavy atom. The zero-order chi connectivity index (χ0) is 15.5. The molecule has 1 amide bonds. The van der Waals surface area contributed by atoms with Gasteiger partial charge in [0.25, 0.3) is 5.91 Å². The van der Waals surface area contributed by atoms with Crippen LogP contribution in [0.2, 0.25) is 0 Å². The highest BCUT2D eigenvalue weighted by molar-refractivity contribution is 9.11. The molecule has 1 aliphatic heterocycles. The highest BCUT2D eigenvalue weighted by Crippen LogP contribution is 2.34. The first-order chi connectivity index (χ1) is 10.6. The van der Waals surface area contributed by atoms with Crippen molar-refractivity contribution in [1.82, 2.24) is 0 Å². The second-order valence-electron chi connectivity index (χ2n) is 4.48. The molecule has 1 N–H and O–H groups in total. The Hall–Kier alpha value is -1.73. The molecule has 0 saturated carbocycles. The largest absolute Gasteiger partial charge is 0.483 e. The Balaban J connectivity index is 1.58. The molecule has 1 heterocycles. The summed E-state index contributed by atoms with van der Waals surface area (Å²) in [6.07, 6.45) is 0. The maximum Gasteiger partial charge on any atom is 0.262 e. The average molecular weight is 429 g/mol. The van der Waals surface area contributed by atoms with Gasteiger partial charge in [0.1, 0.15) is 5.75 Å². The normalized spacial score (nSPS) is 12.1. The van der Waals surface area contributed by atoms with Crippen molar-refractivity contribution in [1.29, 1.82) is 0 Å². The second-order valence-corrected chi connectivity index (χ2v) is 6.25. The van der Waals surface area contributed by atoms with E-state index in [9.17, 15) is 4.79 Å². The molecule has 2 aromatic carbocycles. The Bertz CT molecular complexity index is 721. The number of benzene rings is 2. The lowest BCUT2D eigenvalue weighted by Crippen LogP contribution is -2.20. The molecule has 3 rings (SSSR count). The molecular weight excluding hydrogens is 418 g/mol. The summed E-state index contributed by atoms with van der Waals surface area (Å²) in [7, 11) is 0. The summed E-state index contributed by atoms with van der Waals surface area (Å²) in [5.41, 5.74) is 0.632. The molecule has 22 heavy (non-hydrogen) atoms. The van der Waals surface area contributed by atoms with Gasteiger partial charge in [-0.05, 0) is 46.3 Å². The van der Waals surface area contributed by atoms with Crippen LogP contribution in [0, 0.1) is 0 Å². The number of rotatable bonds is 4. The van der Waals surface area contributed by atoms with Gasteiger partial charge in [0, 0.05) is 16.2 Å². The van der Waals surface area contributed by atoms with Gasteiger partial charge in [-0.25, -0.2) is 0 Å². The quantitative estimate of drug-likeness (QED) is 0.800. The molecule has 0 fully saturated rings. The van der Waals surface area contributed by atoms with Crippen LogP contribution >= 0.6 is 31.9 Å². The third kappa shape index (κ3) is 3.53. The molecule has 1 aliphatic rings. The molecule has 0 aliphatic carbocycles. The SMILES string of the molecule is O=C(COc1ccc(Br)cc1Br)Nc1ccc2c(c1)OCO2. The number of hydrogen-bond donors (Lipinski definition) is 1. The number of fused-ring (bicyclic) bond motifs is 1. The van der Waals surface area contributed by atoms with Crippen molar-refractivity contribution < 1.29 is 19.0 Å². The van der Waals surface area contributed by atoms with E-state index in [1.807, 2.05) is 12.1 Å². The third-order valence-electron chi connectivity index (χ3n) is 2.91. The van der Waals surface area contributed by atoms with Gasteiger partial charge in [-0.2, -0.15) is 0 Å². The number of ether oxygens (including phenoxy) is 3. The van der Waals surface area contributed by atoms with Crippen LogP contribution in [-0.2, 0) is 4.79 Å². The van der Waals surface area contributed by atoms with Gasteiger partial charge in [-0.3, -0.25) is 4.79 Å². The lowest BCUT2D eigenvalue weighted by molar-refractivity contribution is -0.118. The minimum atomic E-state index is -0.256. The van der Waals surface area contributed by atoms with Crippen molar-refractivity contribution in [3.63, 3.8) is 0 Å². The predicted octanol–water partition coefficient (Wildman–Crippen LogP) is 3.96. The fourth-order valence-corrected chi connectivity index (χ4v) is 3.07. The van der Waals surface area contributed by atoms with Crippen molar-refractivity contribution in [2.45, 2.75) is 0 Å². The van der Waals surface area contributed by atoms with Crippen LogP contribution in [-0.4, -0.2) is 19.3 Å². The lowest BCUT2D eigenvalue weighted by Gasteiger charge is -2.09. The van der Waals surface area contributed by atoms with Crippen LogP contribution < -0.4 is 19.5 Å². The van der Waals surface area contributed by atoms with Gasteiger partial charge >= 0.3 is 0 Å². The van der Waals surface area contributed by atoms with Crippen LogP contribution in [0.25, 0.3) is 0 Å². The number of anilines is 1. The highest BCUT2D eigenvalue weighted by Gasteiger charge is 2.14. The fraction of sp³-hybridized carbons (Fsp3) is 0.133. The molecule has 0 unspecified atom stereocenters. The maximum absolute atomic E-state index is 11.9. The molecule has 2 aromatic rings. The average Bonchev–Trinajstić information content (AvgIpc) is 2.94. The van der Waals surface area contributed by atoms with E-state index < -0.39 is 0 Å². The number of amides is 1. The first kappa shape index (κ1) is 15.2. The van der Waals surface area contributed by atoms with Crippen molar-refractivity contribution in [2.75, 3.05) is 18.7 Å². The van der Waals surface area contributed by atoms with Gasteiger partial charge < -0.3 is 19.5 Å². The van der Waals surface area contributed by atoms with Crippen molar-refractivity contribution >= 4 is 43.5 Å². The minimum Gasteiger partial charge on any atom is -0.483 e. The number of hydrogen-bond acceptors (Lipinski definition) is 4. The van der Waals surface area contributed by atoms with Crippen LogP contribution in [0.4, 0.5) is 5.69 Å². The van der Waals surface area contributed by atoms with Gasteiger partial charge in [-0.1, -0.05) is 15.9 Å². The third-order valence-corrected chi connectivity index (χ3v) is 4.02. The highest BCUT2D eigenvalue weighted by atomic mass is 79.9. The van der Waals surface area contributed by atoms with E-state index in [1.54, 1.807) is 24.3 Å². The summed E-state index contributed by atoms with van der Waals surface area (Å²) < 4.78 is 17.7. The zero-order valence-corrected chi connectivity index (χ0v) is 14.4. The molecule has 0 bridgehead atoms. The summed E-state index contributed by atoms with van der Waals surface area (Å²) in [5, 5.41) is 2.75. The molecule has 0 radical (unpaired) electrons. The number of halogens is 2. The standard InChI is InChI=1S/C15H11Br2NO4/c16-9-1-3-12(11(17)5-9)20-7-15(19)18-10-2-4-13-14(6-10)22-8-21-13/h1-6H,7-8H2,(H,18,19). The van der Waals surface area contributed by atoms with Gasteiger partial charge in [0.2, 0.25) is 6.79 Å². The first-order valence-corrected chi connectivity index (χ1v) is 7.98. The second kappa shape index (κ2) is 6.58. The van der Waals surface area contributed by atoms with Crippen molar-refractivity contribution in [3.8, 4) is 17.2 Å². The monoisotopic (exact) mass is 427 g/mol. The molecular formula is C15H11Br2NO4. The topological polar surface area (TPSA) is 56.8 Å². The summed E-state index contributed by atoms with van der Waals surface area (Å²) in [6.45, 7) is 0.113. The Morgan fingerprint density at radius 3 is 2.77 bits per heavy atom. The van der Waals surface area contributed by atoms with Gasteiger partial charge in [0.15, 0.2) is 18.1 Å². The number of carbonyl (C=O) groups excluding carboxylic acids is 1. The fourth-order valence-electron chi connectivity index (χ4n) is 1.91. The molecule has 5 nitrogen and oxygen atoms in total. The molecule has 0 atom stereocenters. The van der Waals surface area contributed by atoms with Crippen LogP contribution in [0.15, 0.2) is 45.3 Å². The van der Waals surface area contributed by atoms with Crippen molar-refractivity contribution in [2.24, 2.45) is 0 Å². The van der Waals surface area contributed by atoms with E-state index >= 15 is 0 Å². The van der Waals surface area contributed by atoms with Gasteiger partial charge in [-0.15, -0.1) is 0 Å². The van der Waals surface area contributed by atoms with E-state index in [4.69, 9.17) is 14.2 Å². The Kier molecular flexibility index (Phi) is 4.54. The number of carbonyl (C=O) groups is 1. The minimum absolute atomic E-state index is 0.0886. The zero-order valence-electron chi connectivity index (χ0n) is 11.3. The molecule has 0 aromatic heterocycles. The van der Waals surface area contributed by atoms with Crippen LogP contribution in [0.3, 0.4) is 0 Å². The Labute approximate surface area is 143 Å². The van der Waals surface area contributed by atoms with E-state index in [2.05, 4.69) is 37.2 Å². The summed E-state index contributed by atoms with van der Waals surface area (Å²) in [6, 6.07) is 10.7. The van der Waals surface area contributed by atoms with E-state index in [0.717, 1.165) is 8.95 Å². The van der Waals surface area contributed by atoms with E-state index in [1.165, 1.54) is 0 Å². The van der Waals surface area contributed by atoms with E-state index in [-0.39, 0.29) is 19.3 Å². The van der Waals surface area contributed by atoms with Crippen LogP contribution in [0.1, 0.15) is 0 Å². The first-order valence-electron chi connectivity index (χ1n) is 6.39. The smallest absolute Gasteiger partial charge is 0.262 e. The maximum atomic E-state index is 11.9. The van der Waals surface area contributed by atoms with E-state index in [0.29, 0.717) is 22.9 Å². The van der Waals surface area contributed by atoms with Crippen molar-refractivity contribution in [3.05, 3.63) is 45.3 Å². The number of nitrogens with one attached hydrogen (secondary N) is 1. The predicted molar refractivity (Wildman–Crippen MR) is 88.5 cm³/mol. The molecule has 0 spiro atoms. The lowest BCUT2D eigenvalue weighted by atomic mass is 10.3. The van der Waals surface area contributed by atoms with Crippen LogP contribution in [0.5, 0.6) is 17.2 Å². The molecule has 114 valence electrons. The van der Waals surface area contributed by atoms with Gasteiger partial charge in [0.05, 0.1) is 4.47 Å². The summed E-state index contributed by atoms with van der Waals surface area (Å²) >= 11 is 6.74.